The highest BCUT2D eigenvalue weighted by Crippen LogP contribution is 2.29. The Balaban J connectivity index is 1.66. The second kappa shape index (κ2) is 7.32. The van der Waals surface area contributed by atoms with Crippen molar-refractivity contribution in [1.29, 1.82) is 0 Å². The number of nitrogens with zero attached hydrogens (tertiary/aromatic N) is 2. The van der Waals surface area contributed by atoms with E-state index in [2.05, 4.69) is 28.1 Å². The summed E-state index contributed by atoms with van der Waals surface area (Å²) in [6.45, 7) is 0. The molecule has 1 saturated carbocycles. The molecule has 1 atom stereocenters. The Labute approximate surface area is 154 Å². The molecule has 1 aliphatic carbocycles. The van der Waals surface area contributed by atoms with Crippen molar-refractivity contribution < 1.29 is 4.79 Å². The van der Waals surface area contributed by atoms with Crippen molar-refractivity contribution in [2.45, 2.75) is 38.1 Å². The predicted molar refractivity (Wildman–Crippen MR) is 104 cm³/mol. The molecule has 4 heteroatoms. The maximum atomic E-state index is 12.7. The van der Waals surface area contributed by atoms with Crippen LogP contribution in [-0.4, -0.2) is 15.5 Å². The maximum absolute atomic E-state index is 12.7. The van der Waals surface area contributed by atoms with Gasteiger partial charge in [0.2, 0.25) is 5.91 Å². The van der Waals surface area contributed by atoms with Gasteiger partial charge in [-0.1, -0.05) is 55.3 Å². The number of rotatable bonds is 5. The number of nitrogens with one attached hydrogen (secondary N) is 1. The van der Waals surface area contributed by atoms with E-state index in [1.54, 1.807) is 0 Å². The fourth-order valence-corrected chi connectivity index (χ4v) is 4.06. The van der Waals surface area contributed by atoms with Crippen molar-refractivity contribution in [2.24, 2.45) is 13.0 Å². The minimum Gasteiger partial charge on any atom is -0.342 e. The van der Waals surface area contributed by atoms with Crippen molar-refractivity contribution in [3.63, 3.8) is 0 Å². The van der Waals surface area contributed by atoms with Gasteiger partial charge in [0.1, 0.15) is 11.9 Å². The summed E-state index contributed by atoms with van der Waals surface area (Å²) in [5.74, 6) is 1.53. The van der Waals surface area contributed by atoms with Gasteiger partial charge in [-0.3, -0.25) is 4.79 Å². The van der Waals surface area contributed by atoms with Crippen LogP contribution in [0.5, 0.6) is 0 Å². The second-order valence-corrected chi connectivity index (χ2v) is 7.28. The largest absolute Gasteiger partial charge is 0.342 e. The van der Waals surface area contributed by atoms with Crippen LogP contribution in [0.25, 0.3) is 11.0 Å². The van der Waals surface area contributed by atoms with Gasteiger partial charge in [-0.2, -0.15) is 0 Å². The molecule has 0 unspecified atom stereocenters. The highest BCUT2D eigenvalue weighted by Gasteiger charge is 2.25. The number of imidazole rings is 1. The molecule has 134 valence electrons. The van der Waals surface area contributed by atoms with Crippen molar-refractivity contribution in [1.82, 2.24) is 14.9 Å². The number of hydrogen-bond donors (Lipinski definition) is 1. The molecule has 0 bridgehead atoms. The first-order valence-electron chi connectivity index (χ1n) is 9.48. The number of carbonyl (C=O) groups excluding carboxylic acids is 1. The summed E-state index contributed by atoms with van der Waals surface area (Å²) in [6.07, 6.45) is 5.48. The molecule has 1 heterocycles. The summed E-state index contributed by atoms with van der Waals surface area (Å²) in [7, 11) is 2.02. The number of carbonyl (C=O) groups is 1. The Morgan fingerprint density at radius 1 is 1.12 bits per heavy atom. The lowest BCUT2D eigenvalue weighted by Gasteiger charge is -2.20. The predicted octanol–water partition coefficient (Wildman–Crippen LogP) is 4.36. The van der Waals surface area contributed by atoms with Gasteiger partial charge in [-0.05, 0) is 36.5 Å². The molecule has 26 heavy (non-hydrogen) atoms. The normalized spacial score (nSPS) is 16.0. The number of fused-ring (bicyclic) bond motifs is 1. The molecule has 0 spiro atoms. The summed E-state index contributed by atoms with van der Waals surface area (Å²) in [6, 6.07) is 18.0. The van der Waals surface area contributed by atoms with E-state index in [-0.39, 0.29) is 11.9 Å². The van der Waals surface area contributed by atoms with E-state index in [0.717, 1.165) is 22.4 Å². The van der Waals surface area contributed by atoms with Crippen LogP contribution in [0.15, 0.2) is 54.6 Å². The van der Waals surface area contributed by atoms with Crippen LogP contribution in [-0.2, 0) is 11.8 Å². The van der Waals surface area contributed by atoms with Crippen molar-refractivity contribution in [2.75, 3.05) is 0 Å². The molecule has 3 aromatic rings. The van der Waals surface area contributed by atoms with Gasteiger partial charge in [0.25, 0.3) is 0 Å². The summed E-state index contributed by atoms with van der Waals surface area (Å²) in [4.78, 5) is 17.6. The van der Waals surface area contributed by atoms with Crippen LogP contribution in [0.3, 0.4) is 0 Å². The van der Waals surface area contributed by atoms with Crippen LogP contribution in [0.4, 0.5) is 0 Å². The maximum Gasteiger partial charge on any atom is 0.221 e. The van der Waals surface area contributed by atoms with Crippen LogP contribution in [0.1, 0.15) is 49.5 Å². The highest BCUT2D eigenvalue weighted by atomic mass is 16.1. The number of benzene rings is 2. The molecule has 1 aromatic heterocycles. The zero-order valence-electron chi connectivity index (χ0n) is 15.2. The summed E-state index contributed by atoms with van der Waals surface area (Å²) in [5.41, 5.74) is 3.09. The van der Waals surface area contributed by atoms with Crippen molar-refractivity contribution >= 4 is 16.9 Å². The molecule has 4 rings (SSSR count). The van der Waals surface area contributed by atoms with E-state index in [0.29, 0.717) is 12.3 Å². The van der Waals surface area contributed by atoms with Gasteiger partial charge >= 0.3 is 0 Å². The monoisotopic (exact) mass is 347 g/mol. The number of aromatic nitrogens is 2. The fourth-order valence-electron chi connectivity index (χ4n) is 4.06. The molecule has 4 nitrogen and oxygen atoms in total. The van der Waals surface area contributed by atoms with Gasteiger partial charge in [0, 0.05) is 13.5 Å². The number of para-hydroxylation sites is 2. The average Bonchev–Trinajstić information content (AvgIpc) is 3.29. The minimum absolute atomic E-state index is 0.123. The Hall–Kier alpha value is -2.62. The topological polar surface area (TPSA) is 46.9 Å². The molecular formula is C22H25N3O. The third-order valence-corrected chi connectivity index (χ3v) is 5.47. The van der Waals surface area contributed by atoms with E-state index in [1.165, 1.54) is 25.7 Å². The fraction of sp³-hybridized carbons (Fsp3) is 0.364. The summed E-state index contributed by atoms with van der Waals surface area (Å²) < 4.78 is 2.09. The van der Waals surface area contributed by atoms with Crippen molar-refractivity contribution in [3.8, 4) is 0 Å². The molecule has 2 aromatic carbocycles. The van der Waals surface area contributed by atoms with E-state index in [9.17, 15) is 4.79 Å². The van der Waals surface area contributed by atoms with Crippen LogP contribution in [0, 0.1) is 5.92 Å². The molecule has 0 radical (unpaired) electrons. The second-order valence-electron chi connectivity index (χ2n) is 7.28. The van der Waals surface area contributed by atoms with E-state index in [1.807, 2.05) is 43.4 Å². The summed E-state index contributed by atoms with van der Waals surface area (Å²) in [5, 5.41) is 3.26. The van der Waals surface area contributed by atoms with Gasteiger partial charge in [0.15, 0.2) is 0 Å². The van der Waals surface area contributed by atoms with Gasteiger partial charge in [0.05, 0.1) is 11.0 Å². The van der Waals surface area contributed by atoms with E-state index >= 15 is 0 Å². The third-order valence-electron chi connectivity index (χ3n) is 5.47. The first-order chi connectivity index (χ1) is 12.7. The summed E-state index contributed by atoms with van der Waals surface area (Å²) >= 11 is 0. The molecule has 1 aliphatic rings. The average molecular weight is 347 g/mol. The number of amides is 1. The van der Waals surface area contributed by atoms with Gasteiger partial charge in [-0.15, -0.1) is 0 Å². The zero-order chi connectivity index (χ0) is 17.9. The van der Waals surface area contributed by atoms with Crippen LogP contribution in [0.2, 0.25) is 0 Å². The lowest BCUT2D eigenvalue weighted by atomic mass is 10.0. The molecule has 1 fully saturated rings. The van der Waals surface area contributed by atoms with Gasteiger partial charge in [-0.25, -0.2) is 4.98 Å². The Morgan fingerprint density at radius 3 is 2.54 bits per heavy atom. The number of hydrogen-bond acceptors (Lipinski definition) is 2. The third kappa shape index (κ3) is 3.36. The lowest BCUT2D eigenvalue weighted by Crippen LogP contribution is -2.32. The molecule has 0 aliphatic heterocycles. The van der Waals surface area contributed by atoms with Gasteiger partial charge < -0.3 is 9.88 Å². The molecule has 1 amide bonds. The molecule has 1 N–H and O–H groups in total. The molecular weight excluding hydrogens is 322 g/mol. The Kier molecular flexibility index (Phi) is 4.74. The lowest BCUT2D eigenvalue weighted by molar-refractivity contribution is -0.122. The van der Waals surface area contributed by atoms with E-state index < -0.39 is 0 Å². The first-order valence-corrected chi connectivity index (χ1v) is 9.48. The smallest absolute Gasteiger partial charge is 0.221 e. The van der Waals surface area contributed by atoms with E-state index in [4.69, 9.17) is 4.98 Å². The first kappa shape index (κ1) is 16.8. The van der Waals surface area contributed by atoms with Crippen LogP contribution >= 0.6 is 0 Å². The Bertz CT molecular complexity index is 894. The van der Waals surface area contributed by atoms with Crippen molar-refractivity contribution in [3.05, 3.63) is 66.0 Å². The zero-order valence-corrected chi connectivity index (χ0v) is 15.2. The standard InChI is InChI=1S/C22H25N3O/c1-25-19-14-8-7-13-18(19)23-22(25)21(17-11-3-2-4-12-17)24-20(26)15-16-9-5-6-10-16/h2-4,7-8,11-14,16,21H,5-6,9-10,15H2,1H3,(H,24,26)/t21-/m1/s1. The quantitative estimate of drug-likeness (QED) is 0.745. The Morgan fingerprint density at radius 2 is 1.81 bits per heavy atom. The SMILES string of the molecule is Cn1c([C@H](NC(=O)CC2CCCC2)c2ccccc2)nc2ccccc21. The minimum atomic E-state index is -0.234. The number of aryl methyl sites for hydroxylation is 1. The molecule has 0 saturated heterocycles. The highest BCUT2D eigenvalue weighted by molar-refractivity contribution is 5.78. The van der Waals surface area contributed by atoms with Crippen LogP contribution < -0.4 is 5.32 Å².